The normalized spacial score (nSPS) is 15.0. The second kappa shape index (κ2) is 9.70. The fraction of sp³-hybridized carbons (Fsp3) is 0.261. The van der Waals surface area contributed by atoms with E-state index in [1.54, 1.807) is 36.4 Å². The summed E-state index contributed by atoms with van der Waals surface area (Å²) in [4.78, 5) is 38.6. The van der Waals surface area contributed by atoms with Gasteiger partial charge in [0.05, 0.1) is 19.1 Å². The van der Waals surface area contributed by atoms with Crippen molar-refractivity contribution >= 4 is 40.6 Å². The van der Waals surface area contributed by atoms with Crippen molar-refractivity contribution in [1.29, 1.82) is 0 Å². The highest BCUT2D eigenvalue weighted by molar-refractivity contribution is 8.18. The number of hydrogen-bond donors (Lipinski definition) is 1. The van der Waals surface area contributed by atoms with Crippen molar-refractivity contribution in [2.24, 2.45) is 0 Å². The van der Waals surface area contributed by atoms with E-state index in [0.717, 1.165) is 22.2 Å². The number of benzene rings is 2. The number of imide groups is 1. The lowest BCUT2D eigenvalue weighted by atomic mass is 10.0. The second-order valence-corrected chi connectivity index (χ2v) is 8.23. The number of methoxy groups -OCH3 is 2. The molecule has 2 aromatic rings. The Morgan fingerprint density at radius 3 is 2.23 bits per heavy atom. The van der Waals surface area contributed by atoms with Gasteiger partial charge in [-0.1, -0.05) is 26.0 Å². The summed E-state index contributed by atoms with van der Waals surface area (Å²) in [5.41, 5.74) is 2.42. The zero-order valence-corrected chi connectivity index (χ0v) is 18.6. The van der Waals surface area contributed by atoms with E-state index < -0.39 is 17.1 Å². The Balaban J connectivity index is 1.70. The van der Waals surface area contributed by atoms with Gasteiger partial charge in [-0.05, 0) is 59.1 Å². The Labute approximate surface area is 185 Å². The fourth-order valence-corrected chi connectivity index (χ4v) is 3.83. The molecule has 0 saturated carbocycles. The highest BCUT2D eigenvalue weighted by atomic mass is 32.2. The largest absolute Gasteiger partial charge is 0.497 e. The fourth-order valence-electron chi connectivity index (χ4n) is 3.00. The lowest BCUT2D eigenvalue weighted by Crippen LogP contribution is -2.36. The van der Waals surface area contributed by atoms with Crippen LogP contribution >= 0.6 is 11.8 Å². The van der Waals surface area contributed by atoms with E-state index in [0.29, 0.717) is 28.7 Å². The first-order valence-electron chi connectivity index (χ1n) is 9.69. The van der Waals surface area contributed by atoms with Crippen LogP contribution in [-0.2, 0) is 9.59 Å². The number of hydrogen-bond acceptors (Lipinski definition) is 6. The number of rotatable bonds is 7. The van der Waals surface area contributed by atoms with Gasteiger partial charge in [0.15, 0.2) is 0 Å². The van der Waals surface area contributed by atoms with Crippen LogP contribution in [0.5, 0.6) is 11.5 Å². The highest BCUT2D eigenvalue weighted by Gasteiger charge is 2.36. The summed E-state index contributed by atoms with van der Waals surface area (Å²) in [7, 11) is 3.06. The summed E-state index contributed by atoms with van der Waals surface area (Å²) in [5, 5.41) is 2.23. The van der Waals surface area contributed by atoms with Crippen molar-refractivity contribution < 1.29 is 23.9 Å². The van der Waals surface area contributed by atoms with Crippen LogP contribution in [0.15, 0.2) is 47.4 Å². The van der Waals surface area contributed by atoms with Gasteiger partial charge < -0.3 is 14.8 Å². The van der Waals surface area contributed by atoms with Crippen molar-refractivity contribution in [2.75, 3.05) is 26.1 Å². The topological polar surface area (TPSA) is 84.9 Å². The van der Waals surface area contributed by atoms with Gasteiger partial charge >= 0.3 is 0 Å². The van der Waals surface area contributed by atoms with Gasteiger partial charge in [0.2, 0.25) is 5.91 Å². The van der Waals surface area contributed by atoms with Crippen molar-refractivity contribution in [1.82, 2.24) is 4.90 Å². The molecule has 0 radical (unpaired) electrons. The van der Waals surface area contributed by atoms with E-state index in [9.17, 15) is 14.4 Å². The molecule has 0 atom stereocenters. The number of amides is 3. The molecule has 3 amide bonds. The predicted octanol–water partition coefficient (Wildman–Crippen LogP) is 4.50. The summed E-state index contributed by atoms with van der Waals surface area (Å²) < 4.78 is 10.5. The lowest BCUT2D eigenvalue weighted by Gasteiger charge is -2.13. The predicted molar refractivity (Wildman–Crippen MR) is 121 cm³/mol. The van der Waals surface area contributed by atoms with Gasteiger partial charge in [0, 0.05) is 11.8 Å². The number of ether oxygens (including phenoxy) is 2. The molecule has 7 nitrogen and oxygen atoms in total. The first kappa shape index (κ1) is 22.4. The zero-order valence-electron chi connectivity index (χ0n) is 17.8. The molecule has 162 valence electrons. The van der Waals surface area contributed by atoms with Crippen LogP contribution < -0.4 is 14.8 Å². The Hall–Kier alpha value is -3.26. The first-order chi connectivity index (χ1) is 14.8. The van der Waals surface area contributed by atoms with Gasteiger partial charge in [-0.15, -0.1) is 0 Å². The molecule has 0 bridgehead atoms. The van der Waals surface area contributed by atoms with E-state index in [1.165, 1.54) is 14.2 Å². The van der Waals surface area contributed by atoms with E-state index in [4.69, 9.17) is 9.47 Å². The maximum Gasteiger partial charge on any atom is 0.294 e. The molecule has 3 rings (SSSR count). The highest BCUT2D eigenvalue weighted by Crippen LogP contribution is 2.33. The van der Waals surface area contributed by atoms with E-state index in [-0.39, 0.29) is 11.4 Å². The van der Waals surface area contributed by atoms with Crippen LogP contribution in [0.1, 0.15) is 30.9 Å². The molecule has 0 aliphatic carbocycles. The second-order valence-electron chi connectivity index (χ2n) is 7.24. The SMILES string of the molecule is COc1cc(/C=C2/SC(=O)N(CC(=O)Nc3ccc(C(C)C)cc3)C2=O)cc(OC)c1. The van der Waals surface area contributed by atoms with Gasteiger partial charge in [0.1, 0.15) is 18.0 Å². The molecule has 31 heavy (non-hydrogen) atoms. The number of nitrogens with zero attached hydrogens (tertiary/aromatic N) is 1. The summed E-state index contributed by atoms with van der Waals surface area (Å²) in [5.74, 6) is 0.558. The van der Waals surface area contributed by atoms with Crippen molar-refractivity contribution in [3.63, 3.8) is 0 Å². The minimum Gasteiger partial charge on any atom is -0.497 e. The van der Waals surface area contributed by atoms with Crippen LogP contribution in [0, 0.1) is 0 Å². The third-order valence-electron chi connectivity index (χ3n) is 4.71. The maximum absolute atomic E-state index is 12.7. The smallest absolute Gasteiger partial charge is 0.294 e. The lowest BCUT2D eigenvalue weighted by molar-refractivity contribution is -0.127. The Morgan fingerprint density at radius 1 is 1.06 bits per heavy atom. The molecule has 2 aromatic carbocycles. The first-order valence-corrected chi connectivity index (χ1v) is 10.5. The molecule has 0 unspecified atom stereocenters. The van der Waals surface area contributed by atoms with Gasteiger partial charge in [-0.2, -0.15) is 0 Å². The Morgan fingerprint density at radius 2 is 1.68 bits per heavy atom. The van der Waals surface area contributed by atoms with Gasteiger partial charge in [-0.3, -0.25) is 19.3 Å². The van der Waals surface area contributed by atoms with Gasteiger partial charge in [-0.25, -0.2) is 0 Å². The molecule has 1 aliphatic heterocycles. The monoisotopic (exact) mass is 440 g/mol. The van der Waals surface area contributed by atoms with Crippen molar-refractivity contribution in [2.45, 2.75) is 19.8 Å². The minimum atomic E-state index is -0.512. The summed E-state index contributed by atoms with van der Waals surface area (Å²) in [6.07, 6.45) is 1.58. The van der Waals surface area contributed by atoms with Crippen molar-refractivity contribution in [3.05, 3.63) is 58.5 Å². The number of nitrogens with one attached hydrogen (secondary N) is 1. The average molecular weight is 441 g/mol. The van der Waals surface area contributed by atoms with E-state index in [2.05, 4.69) is 19.2 Å². The number of anilines is 1. The summed E-state index contributed by atoms with van der Waals surface area (Å²) in [6.45, 7) is 3.82. The third kappa shape index (κ3) is 5.46. The molecule has 1 N–H and O–H groups in total. The quantitative estimate of drug-likeness (QED) is 0.638. The van der Waals surface area contributed by atoms with Crippen LogP contribution in [0.2, 0.25) is 0 Å². The molecule has 0 aromatic heterocycles. The van der Waals surface area contributed by atoms with Crippen LogP contribution in [0.4, 0.5) is 10.5 Å². The number of thioether (sulfide) groups is 1. The summed E-state index contributed by atoms with van der Waals surface area (Å²) >= 11 is 0.794. The van der Waals surface area contributed by atoms with E-state index in [1.807, 2.05) is 12.1 Å². The van der Waals surface area contributed by atoms with Crippen LogP contribution in [0.3, 0.4) is 0 Å². The number of carbonyl (C=O) groups is 3. The maximum atomic E-state index is 12.7. The minimum absolute atomic E-state index is 0.231. The molecule has 1 aliphatic rings. The molecule has 0 spiro atoms. The third-order valence-corrected chi connectivity index (χ3v) is 5.62. The van der Waals surface area contributed by atoms with Gasteiger partial charge in [0.25, 0.3) is 11.1 Å². The molecule has 8 heteroatoms. The van der Waals surface area contributed by atoms with Crippen LogP contribution in [-0.4, -0.2) is 42.7 Å². The standard InChI is InChI=1S/C23H24N2O5S/c1-14(2)16-5-7-17(8-6-16)24-21(26)13-25-22(27)20(31-23(25)28)11-15-9-18(29-3)12-19(10-15)30-4/h5-12,14H,13H2,1-4H3,(H,24,26)/b20-11+. The number of carbonyl (C=O) groups excluding carboxylic acids is 3. The Kier molecular flexibility index (Phi) is 7.02. The van der Waals surface area contributed by atoms with E-state index >= 15 is 0 Å². The van der Waals surface area contributed by atoms with Crippen molar-refractivity contribution in [3.8, 4) is 11.5 Å². The molecular formula is C23H24N2O5S. The molecular weight excluding hydrogens is 416 g/mol. The summed E-state index contributed by atoms with van der Waals surface area (Å²) in [6, 6.07) is 12.6. The zero-order chi connectivity index (χ0) is 22.5. The molecule has 1 fully saturated rings. The molecule has 1 saturated heterocycles. The molecule has 1 heterocycles. The van der Waals surface area contributed by atoms with Crippen LogP contribution in [0.25, 0.3) is 6.08 Å². The average Bonchev–Trinajstić information content (AvgIpc) is 3.01. The Bertz CT molecular complexity index is 1010.